The van der Waals surface area contributed by atoms with Crippen LogP contribution in [0, 0.1) is 6.92 Å². The van der Waals surface area contributed by atoms with Gasteiger partial charge in [0.25, 0.3) is 5.56 Å². The molecule has 0 amide bonds. The number of aromatic nitrogens is 2. The number of aliphatic hydroxyl groups is 1. The Morgan fingerprint density at radius 1 is 1.62 bits per heavy atom. The fraction of sp³-hybridized carbons (Fsp3) is 0.600. The third-order valence-corrected chi connectivity index (χ3v) is 2.98. The van der Waals surface area contributed by atoms with Gasteiger partial charge >= 0.3 is 6.01 Å². The summed E-state index contributed by atoms with van der Waals surface area (Å²) in [5, 5.41) is 9.67. The van der Waals surface area contributed by atoms with E-state index < -0.39 is 6.10 Å². The Labute approximate surface area is 91.4 Å². The molecule has 2 bridgehead atoms. The Kier molecular flexibility index (Phi) is 2.02. The van der Waals surface area contributed by atoms with E-state index in [2.05, 4.69) is 4.98 Å². The summed E-state index contributed by atoms with van der Waals surface area (Å²) in [5.41, 5.74) is 0.250. The third kappa shape index (κ3) is 1.34. The molecule has 1 aromatic heterocycles. The molecule has 1 N–H and O–H groups in total. The zero-order valence-electron chi connectivity index (χ0n) is 8.79. The molecular weight excluding hydrogens is 212 g/mol. The fourth-order valence-corrected chi connectivity index (χ4v) is 2.06. The highest BCUT2D eigenvalue weighted by Gasteiger charge is 2.39. The molecule has 1 fully saturated rings. The standard InChI is InChI=1S/C10H12N2O4/c1-5-3-12-8-2-6(13)7(16-8)4-15-10(12)11-9(5)14/h3,6-8,13H,2,4H2,1H3/t6-,7-,8-/m1/s1. The predicted molar refractivity (Wildman–Crippen MR) is 53.3 cm³/mol. The van der Waals surface area contributed by atoms with Gasteiger partial charge in [0.2, 0.25) is 0 Å². The topological polar surface area (TPSA) is 73.6 Å². The number of hydrogen-bond donors (Lipinski definition) is 1. The molecule has 3 heterocycles. The lowest BCUT2D eigenvalue weighted by atomic mass is 10.2. The van der Waals surface area contributed by atoms with Gasteiger partial charge in [-0.3, -0.25) is 9.36 Å². The summed E-state index contributed by atoms with van der Waals surface area (Å²) < 4.78 is 12.6. The van der Waals surface area contributed by atoms with Crippen LogP contribution in [0.4, 0.5) is 0 Å². The van der Waals surface area contributed by atoms with Crippen molar-refractivity contribution in [1.29, 1.82) is 0 Å². The van der Waals surface area contributed by atoms with E-state index in [9.17, 15) is 9.90 Å². The van der Waals surface area contributed by atoms with Crippen molar-refractivity contribution in [3.63, 3.8) is 0 Å². The molecule has 1 saturated heterocycles. The maximum atomic E-state index is 11.4. The molecule has 6 nitrogen and oxygen atoms in total. The van der Waals surface area contributed by atoms with E-state index in [4.69, 9.17) is 9.47 Å². The molecule has 2 aliphatic heterocycles. The molecule has 3 atom stereocenters. The summed E-state index contributed by atoms with van der Waals surface area (Å²) in [6, 6.07) is 0.273. The number of rotatable bonds is 0. The van der Waals surface area contributed by atoms with Crippen molar-refractivity contribution in [2.45, 2.75) is 31.8 Å². The molecule has 2 aliphatic rings. The quantitative estimate of drug-likeness (QED) is 0.648. The van der Waals surface area contributed by atoms with E-state index in [0.29, 0.717) is 12.0 Å². The number of hydrogen-bond acceptors (Lipinski definition) is 5. The summed E-state index contributed by atoms with van der Waals surface area (Å²) >= 11 is 0. The van der Waals surface area contributed by atoms with Gasteiger partial charge in [-0.05, 0) is 6.92 Å². The zero-order valence-corrected chi connectivity index (χ0v) is 8.79. The lowest BCUT2D eigenvalue weighted by Crippen LogP contribution is -2.28. The van der Waals surface area contributed by atoms with Crippen LogP contribution in [0.25, 0.3) is 0 Å². The van der Waals surface area contributed by atoms with Crippen LogP contribution in [0.3, 0.4) is 0 Å². The highest BCUT2D eigenvalue weighted by Crippen LogP contribution is 2.33. The van der Waals surface area contributed by atoms with E-state index >= 15 is 0 Å². The van der Waals surface area contributed by atoms with Gasteiger partial charge in [-0.2, -0.15) is 4.98 Å². The number of ether oxygens (including phenoxy) is 2. The predicted octanol–water partition coefficient (Wildman–Crippen LogP) is -0.407. The first kappa shape index (κ1) is 9.80. The first-order valence-electron chi connectivity index (χ1n) is 5.21. The summed E-state index contributed by atoms with van der Waals surface area (Å²) in [6.45, 7) is 1.92. The second-order valence-corrected chi connectivity index (χ2v) is 4.16. The van der Waals surface area contributed by atoms with Crippen LogP contribution >= 0.6 is 0 Å². The Morgan fingerprint density at radius 3 is 3.25 bits per heavy atom. The molecule has 0 radical (unpaired) electrons. The van der Waals surface area contributed by atoms with Crippen molar-refractivity contribution < 1.29 is 14.6 Å². The maximum Gasteiger partial charge on any atom is 0.301 e. The molecule has 86 valence electrons. The van der Waals surface area contributed by atoms with Crippen LogP contribution in [0.2, 0.25) is 0 Å². The number of aliphatic hydroxyl groups excluding tert-OH is 1. The monoisotopic (exact) mass is 224 g/mol. The molecule has 1 aromatic rings. The van der Waals surface area contributed by atoms with E-state index in [1.807, 2.05) is 0 Å². The smallest absolute Gasteiger partial charge is 0.301 e. The first-order chi connectivity index (χ1) is 7.65. The molecule has 0 spiro atoms. The van der Waals surface area contributed by atoms with Gasteiger partial charge in [0, 0.05) is 18.2 Å². The summed E-state index contributed by atoms with van der Waals surface area (Å²) in [6.07, 6.45) is 1.03. The summed E-state index contributed by atoms with van der Waals surface area (Å²) in [4.78, 5) is 15.2. The summed E-state index contributed by atoms with van der Waals surface area (Å²) in [7, 11) is 0. The Morgan fingerprint density at radius 2 is 2.44 bits per heavy atom. The average molecular weight is 224 g/mol. The fourth-order valence-electron chi connectivity index (χ4n) is 2.06. The van der Waals surface area contributed by atoms with Crippen LogP contribution in [-0.2, 0) is 4.74 Å². The van der Waals surface area contributed by atoms with Crippen LogP contribution in [0.15, 0.2) is 11.0 Å². The molecule has 0 saturated carbocycles. The van der Waals surface area contributed by atoms with Crippen molar-refractivity contribution >= 4 is 0 Å². The Balaban J connectivity index is 2.10. The minimum Gasteiger partial charge on any atom is -0.462 e. The van der Waals surface area contributed by atoms with Gasteiger partial charge in [-0.25, -0.2) is 0 Å². The molecule has 16 heavy (non-hydrogen) atoms. The first-order valence-corrected chi connectivity index (χ1v) is 5.21. The van der Waals surface area contributed by atoms with Crippen LogP contribution in [-0.4, -0.2) is 33.5 Å². The maximum absolute atomic E-state index is 11.4. The molecule has 0 aromatic carbocycles. The normalized spacial score (nSPS) is 31.8. The Hall–Kier alpha value is -1.40. The zero-order chi connectivity index (χ0) is 11.3. The minimum atomic E-state index is -0.516. The summed E-state index contributed by atoms with van der Waals surface area (Å²) in [5.74, 6) is 0. The largest absolute Gasteiger partial charge is 0.462 e. The van der Waals surface area contributed by atoms with Gasteiger partial charge < -0.3 is 14.6 Å². The van der Waals surface area contributed by atoms with E-state index in [-0.39, 0.29) is 30.5 Å². The minimum absolute atomic E-state index is 0.229. The second kappa shape index (κ2) is 3.29. The molecule has 6 heteroatoms. The van der Waals surface area contributed by atoms with Gasteiger partial charge in [-0.15, -0.1) is 0 Å². The lowest BCUT2D eigenvalue weighted by Gasteiger charge is -2.16. The van der Waals surface area contributed by atoms with Crippen molar-refractivity contribution in [2.24, 2.45) is 0 Å². The highest BCUT2D eigenvalue weighted by atomic mass is 16.6. The molecule has 3 rings (SSSR count). The number of aryl methyl sites for hydroxylation is 1. The van der Waals surface area contributed by atoms with E-state index in [0.717, 1.165) is 0 Å². The number of fused-ring (bicyclic) bond motifs is 4. The van der Waals surface area contributed by atoms with Crippen LogP contribution in [0.5, 0.6) is 6.01 Å². The second-order valence-electron chi connectivity index (χ2n) is 4.16. The van der Waals surface area contributed by atoms with Crippen molar-refractivity contribution in [3.8, 4) is 6.01 Å². The Bertz CT molecular complexity index is 484. The SMILES string of the molecule is Cc1cn2c(nc1=O)OC[C@H]1O[C@@H]2C[C@H]1O. The van der Waals surface area contributed by atoms with Crippen molar-refractivity contribution in [3.05, 3.63) is 22.1 Å². The van der Waals surface area contributed by atoms with E-state index in [1.165, 1.54) is 0 Å². The molecular formula is C10H12N2O4. The van der Waals surface area contributed by atoms with Crippen LogP contribution < -0.4 is 10.3 Å². The van der Waals surface area contributed by atoms with Gasteiger partial charge in [0.05, 0.1) is 6.10 Å². The van der Waals surface area contributed by atoms with Crippen molar-refractivity contribution in [1.82, 2.24) is 9.55 Å². The third-order valence-electron chi connectivity index (χ3n) is 2.98. The molecule has 0 aliphatic carbocycles. The number of nitrogens with zero attached hydrogens (tertiary/aromatic N) is 2. The van der Waals surface area contributed by atoms with Gasteiger partial charge in [0.1, 0.15) is 18.9 Å². The van der Waals surface area contributed by atoms with Crippen molar-refractivity contribution in [2.75, 3.05) is 6.61 Å². The van der Waals surface area contributed by atoms with Gasteiger partial charge in [-0.1, -0.05) is 0 Å². The molecule has 0 unspecified atom stereocenters. The van der Waals surface area contributed by atoms with Crippen LogP contribution in [0.1, 0.15) is 18.2 Å². The van der Waals surface area contributed by atoms with Gasteiger partial charge in [0.15, 0.2) is 0 Å². The average Bonchev–Trinajstić information content (AvgIpc) is 2.51. The van der Waals surface area contributed by atoms with E-state index in [1.54, 1.807) is 17.7 Å². The highest BCUT2D eigenvalue weighted by molar-refractivity contribution is 5.11. The lowest BCUT2D eigenvalue weighted by molar-refractivity contribution is -0.0205.